The summed E-state index contributed by atoms with van der Waals surface area (Å²) in [6.07, 6.45) is 5.43. The molecule has 3 rings (SSSR count). The zero-order valence-corrected chi connectivity index (χ0v) is 13.0. The fourth-order valence-corrected chi connectivity index (χ4v) is 4.76. The lowest BCUT2D eigenvalue weighted by molar-refractivity contribution is -0.233. The molecular weight excluding hydrogens is 236 g/mol. The Morgan fingerprint density at radius 3 is 2.58 bits per heavy atom. The molecule has 3 heteroatoms. The van der Waals surface area contributed by atoms with Gasteiger partial charge >= 0.3 is 0 Å². The van der Waals surface area contributed by atoms with Gasteiger partial charge in [0.15, 0.2) is 0 Å². The SMILES string of the molecule is CC1(C)CCCN1CC1(N)C2CCCOC2C1(C)C. The summed E-state index contributed by atoms with van der Waals surface area (Å²) < 4.78 is 6.01. The molecule has 0 amide bonds. The van der Waals surface area contributed by atoms with Crippen LogP contribution in [0.25, 0.3) is 0 Å². The van der Waals surface area contributed by atoms with Gasteiger partial charge in [0, 0.05) is 35.6 Å². The average molecular weight is 266 g/mol. The van der Waals surface area contributed by atoms with Crippen molar-refractivity contribution >= 4 is 0 Å². The molecule has 3 aliphatic rings. The maximum Gasteiger partial charge on any atom is 0.0690 e. The Bertz CT molecular complexity index is 366. The molecule has 2 aliphatic heterocycles. The highest BCUT2D eigenvalue weighted by Crippen LogP contribution is 2.58. The first-order chi connectivity index (χ1) is 8.79. The van der Waals surface area contributed by atoms with Crippen LogP contribution in [0.5, 0.6) is 0 Å². The van der Waals surface area contributed by atoms with Crippen LogP contribution in [0.3, 0.4) is 0 Å². The minimum absolute atomic E-state index is 0.0697. The molecule has 1 aliphatic carbocycles. The van der Waals surface area contributed by atoms with E-state index in [-0.39, 0.29) is 11.0 Å². The van der Waals surface area contributed by atoms with Crippen molar-refractivity contribution < 1.29 is 4.74 Å². The number of fused-ring (bicyclic) bond motifs is 1. The van der Waals surface area contributed by atoms with Crippen molar-refractivity contribution in [3.8, 4) is 0 Å². The van der Waals surface area contributed by atoms with E-state index in [0.29, 0.717) is 17.6 Å². The molecule has 3 unspecified atom stereocenters. The van der Waals surface area contributed by atoms with Crippen LogP contribution in [0.2, 0.25) is 0 Å². The van der Waals surface area contributed by atoms with Gasteiger partial charge in [-0.25, -0.2) is 0 Å². The fourth-order valence-electron chi connectivity index (χ4n) is 4.76. The Morgan fingerprint density at radius 1 is 1.21 bits per heavy atom. The van der Waals surface area contributed by atoms with Gasteiger partial charge in [0.25, 0.3) is 0 Å². The van der Waals surface area contributed by atoms with Crippen molar-refractivity contribution in [2.75, 3.05) is 19.7 Å². The summed E-state index contributed by atoms with van der Waals surface area (Å²) in [5.41, 5.74) is 7.28. The van der Waals surface area contributed by atoms with Crippen molar-refractivity contribution in [1.82, 2.24) is 4.90 Å². The lowest BCUT2D eigenvalue weighted by Gasteiger charge is -2.67. The molecule has 2 saturated heterocycles. The van der Waals surface area contributed by atoms with Crippen molar-refractivity contribution in [2.24, 2.45) is 17.1 Å². The van der Waals surface area contributed by atoms with Gasteiger partial charge in [-0.1, -0.05) is 13.8 Å². The summed E-state index contributed by atoms with van der Waals surface area (Å²) in [6.45, 7) is 12.5. The van der Waals surface area contributed by atoms with Gasteiger partial charge in [0.05, 0.1) is 6.10 Å². The van der Waals surface area contributed by atoms with Crippen LogP contribution in [0.4, 0.5) is 0 Å². The van der Waals surface area contributed by atoms with E-state index >= 15 is 0 Å². The van der Waals surface area contributed by atoms with Gasteiger partial charge in [-0.15, -0.1) is 0 Å². The Hall–Kier alpha value is -0.120. The smallest absolute Gasteiger partial charge is 0.0690 e. The number of likely N-dealkylation sites (tertiary alicyclic amines) is 1. The van der Waals surface area contributed by atoms with E-state index < -0.39 is 0 Å². The van der Waals surface area contributed by atoms with Gasteiger partial charge in [-0.05, 0) is 46.1 Å². The monoisotopic (exact) mass is 266 g/mol. The molecular formula is C16H30N2O. The molecule has 0 bridgehead atoms. The molecule has 110 valence electrons. The Kier molecular flexibility index (Phi) is 3.05. The second-order valence-corrected chi connectivity index (χ2v) is 8.14. The molecule has 3 fully saturated rings. The third-order valence-corrected chi connectivity index (χ3v) is 6.42. The molecule has 3 atom stereocenters. The molecule has 0 spiro atoms. The van der Waals surface area contributed by atoms with E-state index in [1.807, 2.05) is 0 Å². The summed E-state index contributed by atoms with van der Waals surface area (Å²) in [6, 6.07) is 0. The van der Waals surface area contributed by atoms with Crippen molar-refractivity contribution in [3.05, 3.63) is 0 Å². The summed E-state index contributed by atoms with van der Waals surface area (Å²) in [5.74, 6) is 0.563. The van der Waals surface area contributed by atoms with Crippen molar-refractivity contribution in [2.45, 2.75) is 70.6 Å². The van der Waals surface area contributed by atoms with Crippen molar-refractivity contribution in [3.63, 3.8) is 0 Å². The molecule has 3 nitrogen and oxygen atoms in total. The average Bonchev–Trinajstić information content (AvgIpc) is 2.68. The minimum Gasteiger partial charge on any atom is -0.377 e. The maximum absolute atomic E-state index is 6.91. The third-order valence-electron chi connectivity index (χ3n) is 6.42. The highest BCUT2D eigenvalue weighted by atomic mass is 16.5. The van der Waals surface area contributed by atoms with Crippen LogP contribution in [0.1, 0.15) is 53.4 Å². The second-order valence-electron chi connectivity index (χ2n) is 8.14. The van der Waals surface area contributed by atoms with Crippen LogP contribution in [0.15, 0.2) is 0 Å². The normalized spacial score (nSPS) is 44.7. The molecule has 2 heterocycles. The van der Waals surface area contributed by atoms with E-state index in [1.54, 1.807) is 0 Å². The number of nitrogens with two attached hydrogens (primary N) is 1. The predicted molar refractivity (Wildman–Crippen MR) is 78.0 cm³/mol. The van der Waals surface area contributed by atoms with E-state index in [2.05, 4.69) is 32.6 Å². The first kappa shape index (κ1) is 13.8. The van der Waals surface area contributed by atoms with Crippen molar-refractivity contribution in [1.29, 1.82) is 0 Å². The summed E-state index contributed by atoms with van der Waals surface area (Å²) in [5, 5.41) is 0. The van der Waals surface area contributed by atoms with Gasteiger partial charge < -0.3 is 10.5 Å². The van der Waals surface area contributed by atoms with Crippen LogP contribution in [0, 0.1) is 11.3 Å². The van der Waals surface area contributed by atoms with Crippen LogP contribution < -0.4 is 5.73 Å². The molecule has 0 aromatic rings. The van der Waals surface area contributed by atoms with E-state index in [9.17, 15) is 0 Å². The van der Waals surface area contributed by atoms with Crippen LogP contribution in [-0.2, 0) is 4.74 Å². The van der Waals surface area contributed by atoms with Gasteiger partial charge in [0.1, 0.15) is 0 Å². The lowest BCUT2D eigenvalue weighted by Crippen LogP contribution is -2.80. The third kappa shape index (κ3) is 1.81. The Labute approximate surface area is 117 Å². The first-order valence-electron chi connectivity index (χ1n) is 7.95. The Balaban J connectivity index is 1.79. The molecule has 1 saturated carbocycles. The lowest BCUT2D eigenvalue weighted by atomic mass is 9.46. The van der Waals surface area contributed by atoms with Crippen LogP contribution >= 0.6 is 0 Å². The van der Waals surface area contributed by atoms with Crippen LogP contribution in [-0.4, -0.2) is 41.8 Å². The van der Waals surface area contributed by atoms with Gasteiger partial charge in [-0.2, -0.15) is 0 Å². The zero-order chi connectivity index (χ0) is 13.9. The first-order valence-corrected chi connectivity index (χ1v) is 7.95. The number of hydrogen-bond acceptors (Lipinski definition) is 3. The van der Waals surface area contributed by atoms with E-state index in [1.165, 1.54) is 32.2 Å². The highest BCUT2D eigenvalue weighted by Gasteiger charge is 2.67. The molecule has 0 radical (unpaired) electrons. The largest absolute Gasteiger partial charge is 0.377 e. The number of ether oxygens (including phenoxy) is 1. The maximum atomic E-state index is 6.91. The minimum atomic E-state index is -0.0697. The van der Waals surface area contributed by atoms with Gasteiger partial charge in [-0.3, -0.25) is 4.90 Å². The Morgan fingerprint density at radius 2 is 1.95 bits per heavy atom. The summed E-state index contributed by atoms with van der Waals surface area (Å²) in [4.78, 5) is 2.62. The molecule has 0 aromatic carbocycles. The molecule has 0 aromatic heterocycles. The number of nitrogens with zero attached hydrogens (tertiary/aromatic N) is 1. The van der Waals surface area contributed by atoms with E-state index in [0.717, 1.165) is 13.2 Å². The molecule has 19 heavy (non-hydrogen) atoms. The quantitative estimate of drug-likeness (QED) is 0.834. The number of hydrogen-bond donors (Lipinski definition) is 1. The summed E-state index contributed by atoms with van der Waals surface area (Å²) in [7, 11) is 0. The van der Waals surface area contributed by atoms with E-state index in [4.69, 9.17) is 10.5 Å². The zero-order valence-electron chi connectivity index (χ0n) is 13.0. The highest BCUT2D eigenvalue weighted by molar-refractivity contribution is 5.21. The molecule has 2 N–H and O–H groups in total. The standard InChI is InChI=1S/C16H30N2O/c1-14(2)8-6-9-18(14)11-16(17)12-7-5-10-19-13(12)15(16,3)4/h12-13H,5-11,17H2,1-4H3. The fraction of sp³-hybridized carbons (Fsp3) is 1.00. The van der Waals surface area contributed by atoms with Gasteiger partial charge in [0.2, 0.25) is 0 Å². The summed E-state index contributed by atoms with van der Waals surface area (Å²) >= 11 is 0. The second kappa shape index (κ2) is 4.19. The predicted octanol–water partition coefficient (Wildman–Crippen LogP) is 2.39. The topological polar surface area (TPSA) is 38.5 Å². The number of rotatable bonds is 2.